The minimum absolute atomic E-state index is 0.481. The summed E-state index contributed by atoms with van der Waals surface area (Å²) in [5.41, 5.74) is 5.54. The van der Waals surface area contributed by atoms with E-state index in [0.717, 1.165) is 11.7 Å². The molecule has 1 aliphatic carbocycles. The first kappa shape index (κ1) is 11.2. The molecule has 88 valence electrons. The van der Waals surface area contributed by atoms with Crippen LogP contribution < -0.4 is 10.6 Å². The third kappa shape index (κ3) is 2.43. The summed E-state index contributed by atoms with van der Waals surface area (Å²) in [7, 11) is 2.10. The highest BCUT2D eigenvalue weighted by atomic mass is 15.2. The highest BCUT2D eigenvalue weighted by Crippen LogP contribution is 2.28. The van der Waals surface area contributed by atoms with E-state index in [1.54, 1.807) is 12.4 Å². The molecule has 2 atom stereocenters. The van der Waals surface area contributed by atoms with Crippen LogP contribution >= 0.6 is 0 Å². The quantitative estimate of drug-likeness (QED) is 0.829. The molecule has 1 aliphatic rings. The van der Waals surface area contributed by atoms with Gasteiger partial charge >= 0.3 is 0 Å². The number of nitrogens with two attached hydrogens (primary N) is 1. The van der Waals surface area contributed by atoms with Crippen LogP contribution in [0.2, 0.25) is 0 Å². The molecule has 2 unspecified atom stereocenters. The Morgan fingerprint density at radius 3 is 2.75 bits per heavy atom. The molecule has 0 radical (unpaired) electrons. The normalized spacial score (nSPS) is 25.4. The van der Waals surface area contributed by atoms with Crippen LogP contribution in [0.4, 0.5) is 11.6 Å². The highest BCUT2D eigenvalue weighted by molar-refractivity contribution is 5.39. The number of nitrogens with zero attached hydrogens (tertiary/aromatic N) is 3. The van der Waals surface area contributed by atoms with Gasteiger partial charge in [-0.05, 0) is 18.8 Å². The van der Waals surface area contributed by atoms with E-state index in [4.69, 9.17) is 5.73 Å². The first-order valence-electron chi connectivity index (χ1n) is 5.97. The predicted octanol–water partition coefficient (Wildman–Crippen LogP) is 2.07. The summed E-state index contributed by atoms with van der Waals surface area (Å²) < 4.78 is 0. The van der Waals surface area contributed by atoms with Gasteiger partial charge in [0.05, 0.1) is 12.4 Å². The second kappa shape index (κ2) is 4.68. The summed E-state index contributed by atoms with van der Waals surface area (Å²) in [4.78, 5) is 10.6. The number of rotatable bonds is 2. The molecule has 2 N–H and O–H groups in total. The minimum atomic E-state index is 0.481. The third-order valence-corrected chi connectivity index (χ3v) is 3.48. The first-order chi connectivity index (χ1) is 7.66. The zero-order chi connectivity index (χ0) is 11.5. The number of hydrogen-bond donors (Lipinski definition) is 1. The van der Waals surface area contributed by atoms with E-state index in [9.17, 15) is 0 Å². The van der Waals surface area contributed by atoms with E-state index in [0.29, 0.717) is 11.9 Å². The molecule has 0 spiro atoms. The topological polar surface area (TPSA) is 55.0 Å². The lowest BCUT2D eigenvalue weighted by molar-refractivity contribution is 0.335. The van der Waals surface area contributed by atoms with Gasteiger partial charge in [-0.15, -0.1) is 0 Å². The monoisotopic (exact) mass is 220 g/mol. The van der Waals surface area contributed by atoms with Crippen LogP contribution in [0.25, 0.3) is 0 Å². The van der Waals surface area contributed by atoms with Gasteiger partial charge in [0.25, 0.3) is 0 Å². The largest absolute Gasteiger partial charge is 0.382 e. The molecule has 0 bridgehead atoms. The summed E-state index contributed by atoms with van der Waals surface area (Å²) in [5, 5.41) is 0. The second-order valence-corrected chi connectivity index (χ2v) is 4.84. The number of aromatic nitrogens is 2. The van der Waals surface area contributed by atoms with Crippen molar-refractivity contribution in [3.8, 4) is 0 Å². The summed E-state index contributed by atoms with van der Waals surface area (Å²) in [5.74, 6) is 2.23. The van der Waals surface area contributed by atoms with E-state index >= 15 is 0 Å². The van der Waals surface area contributed by atoms with E-state index in [1.165, 1.54) is 25.7 Å². The molecular formula is C12H20N4. The van der Waals surface area contributed by atoms with Crippen molar-refractivity contribution in [2.24, 2.45) is 5.92 Å². The zero-order valence-corrected chi connectivity index (χ0v) is 10.1. The van der Waals surface area contributed by atoms with Gasteiger partial charge in [0.1, 0.15) is 11.6 Å². The van der Waals surface area contributed by atoms with Crippen LogP contribution in [0.15, 0.2) is 12.4 Å². The maximum absolute atomic E-state index is 5.54. The van der Waals surface area contributed by atoms with Crippen molar-refractivity contribution in [2.75, 3.05) is 17.7 Å². The molecule has 4 nitrogen and oxygen atoms in total. The number of nitrogen functional groups attached to an aromatic ring is 1. The molecular weight excluding hydrogens is 200 g/mol. The Kier molecular flexibility index (Phi) is 3.27. The molecule has 2 rings (SSSR count). The molecule has 4 heteroatoms. The molecule has 1 fully saturated rings. The molecule has 1 aromatic heterocycles. The van der Waals surface area contributed by atoms with Crippen molar-refractivity contribution in [3.63, 3.8) is 0 Å². The van der Waals surface area contributed by atoms with Gasteiger partial charge in [-0.3, -0.25) is 0 Å². The first-order valence-corrected chi connectivity index (χ1v) is 5.97. The standard InChI is InChI=1S/C12H20N4/c1-9-4-3-5-10(6-9)16(2)12-8-14-11(13)7-15-12/h7-10H,3-6H2,1-2H3,(H2,13,14). The molecule has 0 aromatic carbocycles. The SMILES string of the molecule is CC1CCCC(N(C)c2cnc(N)cn2)C1. The molecule has 1 heterocycles. The van der Waals surface area contributed by atoms with Gasteiger partial charge in [-0.1, -0.05) is 19.8 Å². The third-order valence-electron chi connectivity index (χ3n) is 3.48. The Morgan fingerprint density at radius 1 is 1.31 bits per heavy atom. The molecule has 1 saturated carbocycles. The Hall–Kier alpha value is -1.32. The Balaban J connectivity index is 2.06. The fourth-order valence-corrected chi connectivity index (χ4v) is 2.45. The Morgan fingerprint density at radius 2 is 2.12 bits per heavy atom. The van der Waals surface area contributed by atoms with Gasteiger partial charge in [0.2, 0.25) is 0 Å². The molecule has 0 aliphatic heterocycles. The van der Waals surface area contributed by atoms with E-state index < -0.39 is 0 Å². The lowest BCUT2D eigenvalue weighted by atomic mass is 9.86. The van der Waals surface area contributed by atoms with E-state index in [1.807, 2.05) is 0 Å². The number of hydrogen-bond acceptors (Lipinski definition) is 4. The highest BCUT2D eigenvalue weighted by Gasteiger charge is 2.23. The lowest BCUT2D eigenvalue weighted by Crippen LogP contribution is -2.36. The van der Waals surface area contributed by atoms with E-state index in [-0.39, 0.29) is 0 Å². The zero-order valence-electron chi connectivity index (χ0n) is 10.1. The van der Waals surface area contributed by atoms with Crippen LogP contribution in [0, 0.1) is 5.92 Å². The van der Waals surface area contributed by atoms with Crippen molar-refractivity contribution < 1.29 is 0 Å². The van der Waals surface area contributed by atoms with Crippen molar-refractivity contribution >= 4 is 11.6 Å². The van der Waals surface area contributed by atoms with Crippen LogP contribution in [0.1, 0.15) is 32.6 Å². The van der Waals surface area contributed by atoms with Gasteiger partial charge in [-0.2, -0.15) is 0 Å². The van der Waals surface area contributed by atoms with Gasteiger partial charge in [0, 0.05) is 13.1 Å². The molecule has 1 aromatic rings. The van der Waals surface area contributed by atoms with Crippen LogP contribution in [-0.2, 0) is 0 Å². The summed E-state index contributed by atoms with van der Waals surface area (Å²) in [6.45, 7) is 2.33. The minimum Gasteiger partial charge on any atom is -0.382 e. The average Bonchev–Trinajstić information content (AvgIpc) is 2.29. The van der Waals surface area contributed by atoms with Crippen molar-refractivity contribution in [3.05, 3.63) is 12.4 Å². The van der Waals surface area contributed by atoms with Gasteiger partial charge < -0.3 is 10.6 Å². The summed E-state index contributed by atoms with van der Waals surface area (Å²) in [6, 6.07) is 0.599. The fourth-order valence-electron chi connectivity index (χ4n) is 2.45. The average molecular weight is 220 g/mol. The Labute approximate surface area is 96.9 Å². The second-order valence-electron chi connectivity index (χ2n) is 4.84. The predicted molar refractivity (Wildman–Crippen MR) is 66.3 cm³/mol. The Bertz CT molecular complexity index is 335. The van der Waals surface area contributed by atoms with Crippen molar-refractivity contribution in [2.45, 2.75) is 38.6 Å². The maximum atomic E-state index is 5.54. The summed E-state index contributed by atoms with van der Waals surface area (Å²) in [6.07, 6.45) is 8.57. The van der Waals surface area contributed by atoms with E-state index in [2.05, 4.69) is 28.8 Å². The molecule has 0 amide bonds. The van der Waals surface area contributed by atoms with Crippen LogP contribution in [-0.4, -0.2) is 23.1 Å². The molecule has 0 saturated heterocycles. The van der Waals surface area contributed by atoms with Gasteiger partial charge in [-0.25, -0.2) is 9.97 Å². The fraction of sp³-hybridized carbons (Fsp3) is 0.667. The van der Waals surface area contributed by atoms with Gasteiger partial charge in [0.15, 0.2) is 0 Å². The van der Waals surface area contributed by atoms with Crippen LogP contribution in [0.5, 0.6) is 0 Å². The van der Waals surface area contributed by atoms with Crippen molar-refractivity contribution in [1.29, 1.82) is 0 Å². The van der Waals surface area contributed by atoms with Crippen LogP contribution in [0.3, 0.4) is 0 Å². The van der Waals surface area contributed by atoms with Crippen molar-refractivity contribution in [1.82, 2.24) is 9.97 Å². The maximum Gasteiger partial charge on any atom is 0.147 e. The lowest BCUT2D eigenvalue weighted by Gasteiger charge is -2.34. The summed E-state index contributed by atoms with van der Waals surface area (Å²) >= 11 is 0. The molecule has 16 heavy (non-hydrogen) atoms. The smallest absolute Gasteiger partial charge is 0.147 e. The number of anilines is 2.